The molecule has 0 amide bonds. The van der Waals surface area contributed by atoms with E-state index >= 15 is 0 Å². The smallest absolute Gasteiger partial charge is 0.142 e. The number of furan rings is 2. The third kappa shape index (κ3) is 4.11. The van der Waals surface area contributed by atoms with Crippen molar-refractivity contribution in [1.82, 2.24) is 0 Å². The van der Waals surface area contributed by atoms with Crippen LogP contribution >= 0.6 is 0 Å². The van der Waals surface area contributed by atoms with Crippen LogP contribution in [-0.4, -0.2) is 5.54 Å². The topological polar surface area (TPSA) is 29.5 Å². The summed E-state index contributed by atoms with van der Waals surface area (Å²) in [7, 11) is 0. The minimum absolute atomic E-state index is 0.0317. The van der Waals surface area contributed by atoms with E-state index in [0.717, 1.165) is 44.4 Å². The van der Waals surface area contributed by atoms with Gasteiger partial charge < -0.3 is 13.7 Å². The van der Waals surface area contributed by atoms with E-state index in [1.165, 1.54) is 55.4 Å². The average molecular weight is 736 g/mol. The zero-order valence-electron chi connectivity index (χ0n) is 32.5. The molecule has 2 aliphatic carbocycles. The highest BCUT2D eigenvalue weighted by Crippen LogP contribution is 2.67. The summed E-state index contributed by atoms with van der Waals surface area (Å²) in [6, 6.07) is 57.2. The molecule has 0 bridgehead atoms. The largest absolute Gasteiger partial charge is 0.459 e. The lowest BCUT2D eigenvalue weighted by molar-refractivity contribution is 0.401. The molecule has 0 fully saturated rings. The molecule has 4 atom stereocenters. The van der Waals surface area contributed by atoms with E-state index in [2.05, 4.69) is 202 Å². The van der Waals surface area contributed by atoms with Crippen LogP contribution in [0.3, 0.4) is 0 Å². The molecule has 57 heavy (non-hydrogen) atoms. The van der Waals surface area contributed by atoms with Crippen LogP contribution in [0.1, 0.15) is 56.1 Å². The van der Waals surface area contributed by atoms with Crippen LogP contribution in [0.2, 0.25) is 0 Å². The Kier molecular flexibility index (Phi) is 6.45. The summed E-state index contributed by atoms with van der Waals surface area (Å²) in [5.41, 5.74) is 12.6. The molecule has 3 aliphatic rings. The fourth-order valence-corrected chi connectivity index (χ4v) is 11.4. The fourth-order valence-electron chi connectivity index (χ4n) is 11.4. The standard InChI is InChI=1S/C54H41NO2/c1-33-46-51-53(3,32-31-52(46,2)43-22-14-20-40-39-19-10-13-24-45(39)56-50(40)43)55(37-28-25-35(26-29-37)34-15-6-5-7-16-34)44-23-12-11-21-42(44)54(51,4)47-41-30-27-36-17-8-9-18-38(36)49(41)57-48(33)47/h5-33H,1-4H3. The van der Waals surface area contributed by atoms with Gasteiger partial charge in [-0.15, -0.1) is 0 Å². The van der Waals surface area contributed by atoms with Crippen molar-refractivity contribution in [2.24, 2.45) is 0 Å². The Morgan fingerprint density at radius 2 is 1.21 bits per heavy atom. The molecule has 3 nitrogen and oxygen atoms in total. The molecular weight excluding hydrogens is 695 g/mol. The Hall–Kier alpha value is -6.58. The van der Waals surface area contributed by atoms with Crippen molar-refractivity contribution in [1.29, 1.82) is 0 Å². The first-order valence-electron chi connectivity index (χ1n) is 20.2. The molecule has 0 spiro atoms. The van der Waals surface area contributed by atoms with Gasteiger partial charge >= 0.3 is 0 Å². The monoisotopic (exact) mass is 735 g/mol. The fraction of sp³-hybridized carbons (Fsp3) is 0.148. The van der Waals surface area contributed by atoms with Crippen LogP contribution in [0.15, 0.2) is 190 Å². The van der Waals surface area contributed by atoms with E-state index in [-0.39, 0.29) is 5.92 Å². The number of fused-ring (bicyclic) bond motifs is 11. The Morgan fingerprint density at radius 1 is 0.526 bits per heavy atom. The average Bonchev–Trinajstić information content (AvgIpc) is 3.85. The molecule has 12 rings (SSSR count). The van der Waals surface area contributed by atoms with E-state index < -0.39 is 16.4 Å². The highest BCUT2D eigenvalue weighted by Gasteiger charge is 2.61. The van der Waals surface area contributed by atoms with Crippen LogP contribution in [0.25, 0.3) is 54.8 Å². The maximum atomic E-state index is 7.31. The number of allylic oxidation sites excluding steroid dienone is 2. The van der Waals surface area contributed by atoms with E-state index in [4.69, 9.17) is 8.83 Å². The van der Waals surface area contributed by atoms with Gasteiger partial charge in [-0.25, -0.2) is 0 Å². The number of para-hydroxylation sites is 3. The second-order valence-corrected chi connectivity index (χ2v) is 16.9. The second kappa shape index (κ2) is 11.3. The van der Waals surface area contributed by atoms with Crippen LogP contribution in [-0.2, 0) is 10.8 Å². The Bertz CT molecular complexity index is 3200. The lowest BCUT2D eigenvalue weighted by atomic mass is 9.49. The van der Waals surface area contributed by atoms with Crippen LogP contribution in [0.4, 0.5) is 11.4 Å². The minimum Gasteiger partial charge on any atom is -0.459 e. The van der Waals surface area contributed by atoms with Gasteiger partial charge in [0.05, 0.1) is 5.54 Å². The van der Waals surface area contributed by atoms with Crippen LogP contribution in [0.5, 0.6) is 0 Å². The zero-order chi connectivity index (χ0) is 38.3. The molecule has 3 heterocycles. The minimum atomic E-state index is -0.527. The molecule has 1 aliphatic heterocycles. The molecule has 0 saturated heterocycles. The summed E-state index contributed by atoms with van der Waals surface area (Å²) in [5.74, 6) is 1.02. The number of hydrogen-bond donors (Lipinski definition) is 0. The van der Waals surface area contributed by atoms with Gasteiger partial charge in [-0.1, -0.05) is 153 Å². The molecule has 274 valence electrons. The van der Waals surface area contributed by atoms with Gasteiger partial charge in [0.1, 0.15) is 22.5 Å². The summed E-state index contributed by atoms with van der Waals surface area (Å²) < 4.78 is 14.1. The van der Waals surface area contributed by atoms with Gasteiger partial charge in [0.25, 0.3) is 0 Å². The van der Waals surface area contributed by atoms with Crippen LogP contribution < -0.4 is 4.90 Å². The van der Waals surface area contributed by atoms with Gasteiger partial charge in [0.15, 0.2) is 0 Å². The lowest BCUT2D eigenvalue weighted by Gasteiger charge is -2.60. The van der Waals surface area contributed by atoms with Gasteiger partial charge in [-0.05, 0) is 78.3 Å². The van der Waals surface area contributed by atoms with Crippen molar-refractivity contribution >= 4 is 55.1 Å². The molecule has 7 aromatic carbocycles. The van der Waals surface area contributed by atoms with E-state index in [9.17, 15) is 0 Å². The molecule has 2 aromatic heterocycles. The molecule has 0 saturated carbocycles. The first kappa shape index (κ1) is 32.6. The predicted octanol–water partition coefficient (Wildman–Crippen LogP) is 14.3. The first-order chi connectivity index (χ1) is 27.8. The molecule has 0 N–H and O–H groups in total. The van der Waals surface area contributed by atoms with Crippen molar-refractivity contribution in [2.75, 3.05) is 4.90 Å². The number of rotatable bonds is 3. The second-order valence-electron chi connectivity index (χ2n) is 16.9. The van der Waals surface area contributed by atoms with Crippen molar-refractivity contribution in [3.8, 4) is 11.1 Å². The number of hydrogen-bond acceptors (Lipinski definition) is 3. The Balaban J connectivity index is 1.19. The SMILES string of the molecule is CC1C2=C3C(C)(c4ccccc4N(c4ccc(-c5ccccc5)cc4)C3(C)C=CC2(C)c2cccc3c2oc2ccccc23)c2c1oc1c2ccc2ccccc21. The first-order valence-corrected chi connectivity index (χ1v) is 20.2. The van der Waals surface area contributed by atoms with E-state index in [1.807, 2.05) is 0 Å². The molecule has 3 heteroatoms. The zero-order valence-corrected chi connectivity index (χ0v) is 32.5. The van der Waals surface area contributed by atoms with E-state index in [1.54, 1.807) is 0 Å². The maximum absolute atomic E-state index is 7.31. The highest BCUT2D eigenvalue weighted by molar-refractivity contribution is 6.08. The van der Waals surface area contributed by atoms with Gasteiger partial charge in [0, 0.05) is 60.8 Å². The normalized spacial score (nSPS) is 23.6. The van der Waals surface area contributed by atoms with Gasteiger partial charge in [0.2, 0.25) is 0 Å². The van der Waals surface area contributed by atoms with Crippen molar-refractivity contribution in [3.63, 3.8) is 0 Å². The number of benzene rings is 7. The van der Waals surface area contributed by atoms with Crippen molar-refractivity contribution in [3.05, 3.63) is 203 Å². The molecule has 0 radical (unpaired) electrons. The summed E-state index contributed by atoms with van der Waals surface area (Å²) in [6.07, 6.45) is 4.98. The third-order valence-electron chi connectivity index (χ3n) is 13.9. The highest BCUT2D eigenvalue weighted by atomic mass is 16.3. The number of nitrogens with zero attached hydrogens (tertiary/aromatic N) is 1. The summed E-state index contributed by atoms with van der Waals surface area (Å²) in [5, 5.41) is 5.82. The predicted molar refractivity (Wildman–Crippen MR) is 235 cm³/mol. The Morgan fingerprint density at radius 3 is 2.05 bits per heavy atom. The molecular formula is C54H41NO2. The molecule has 4 unspecified atom stereocenters. The van der Waals surface area contributed by atoms with Gasteiger partial charge in [-0.2, -0.15) is 0 Å². The van der Waals surface area contributed by atoms with Crippen molar-refractivity contribution < 1.29 is 8.83 Å². The third-order valence-corrected chi connectivity index (χ3v) is 13.9. The lowest BCUT2D eigenvalue weighted by Crippen LogP contribution is -2.59. The maximum Gasteiger partial charge on any atom is 0.142 e. The summed E-state index contributed by atoms with van der Waals surface area (Å²) in [4.78, 5) is 2.60. The quantitative estimate of drug-likeness (QED) is 0.169. The molecule has 9 aromatic rings. The summed E-state index contributed by atoms with van der Waals surface area (Å²) in [6.45, 7) is 9.70. The Labute approximate surface area is 332 Å². The van der Waals surface area contributed by atoms with Crippen molar-refractivity contribution in [2.45, 2.75) is 50.0 Å². The van der Waals surface area contributed by atoms with E-state index in [0.29, 0.717) is 0 Å². The van der Waals surface area contributed by atoms with Crippen LogP contribution in [0, 0.1) is 0 Å². The summed E-state index contributed by atoms with van der Waals surface area (Å²) >= 11 is 0. The van der Waals surface area contributed by atoms with Gasteiger partial charge in [-0.3, -0.25) is 0 Å². The number of anilines is 2.